The summed E-state index contributed by atoms with van der Waals surface area (Å²) in [7, 11) is 0. The van der Waals surface area contributed by atoms with Crippen LogP contribution in [0.2, 0.25) is 0 Å². The van der Waals surface area contributed by atoms with Gasteiger partial charge in [0.2, 0.25) is 0 Å². The molecule has 0 N–H and O–H groups in total. The molecule has 1 aromatic carbocycles. The van der Waals surface area contributed by atoms with Crippen LogP contribution in [0.5, 0.6) is 0 Å². The number of esters is 1. The lowest BCUT2D eigenvalue weighted by atomic mass is 9.71. The molecule has 1 aliphatic heterocycles. The van der Waals surface area contributed by atoms with Crippen molar-refractivity contribution in [3.8, 4) is 0 Å². The van der Waals surface area contributed by atoms with Gasteiger partial charge < -0.3 is 4.74 Å². The van der Waals surface area contributed by atoms with Gasteiger partial charge in [0, 0.05) is 24.3 Å². The number of carbonyl (C=O) groups excluding carboxylic acids is 2. The van der Waals surface area contributed by atoms with E-state index in [2.05, 4.69) is 0 Å². The molecule has 4 heteroatoms. The molecule has 2 aliphatic rings. The maximum absolute atomic E-state index is 13.1. The van der Waals surface area contributed by atoms with Crippen LogP contribution in [0.3, 0.4) is 0 Å². The largest absolute Gasteiger partial charge is 0.431 e. The minimum atomic E-state index is -0.331. The Hall–Kier alpha value is -1.97. The SMILES string of the molecule is CC1(C)CC(=O)C2=C(C1)OC(=O)C[C@H]2c1ccc(F)cc1. The van der Waals surface area contributed by atoms with E-state index in [1.54, 1.807) is 12.1 Å². The second-order valence-corrected chi connectivity index (χ2v) is 6.56. The van der Waals surface area contributed by atoms with Gasteiger partial charge in [0.05, 0.1) is 6.42 Å². The normalized spacial score (nSPS) is 24.6. The summed E-state index contributed by atoms with van der Waals surface area (Å²) in [6.07, 6.45) is 1.16. The number of allylic oxidation sites excluding steroid dienone is 2. The number of rotatable bonds is 1. The first-order valence-corrected chi connectivity index (χ1v) is 7.08. The molecule has 21 heavy (non-hydrogen) atoms. The first-order valence-electron chi connectivity index (χ1n) is 7.08. The van der Waals surface area contributed by atoms with Gasteiger partial charge in [0.1, 0.15) is 11.6 Å². The summed E-state index contributed by atoms with van der Waals surface area (Å²) >= 11 is 0. The highest BCUT2D eigenvalue weighted by molar-refractivity contribution is 6.00. The maximum atomic E-state index is 13.1. The Bertz CT molecular complexity index is 641. The van der Waals surface area contributed by atoms with Gasteiger partial charge in [0.25, 0.3) is 0 Å². The van der Waals surface area contributed by atoms with Gasteiger partial charge in [-0.3, -0.25) is 9.59 Å². The Kier molecular flexibility index (Phi) is 3.19. The summed E-state index contributed by atoms with van der Waals surface area (Å²) in [5.41, 5.74) is 1.19. The van der Waals surface area contributed by atoms with Crippen LogP contribution < -0.4 is 0 Å². The lowest BCUT2D eigenvalue weighted by Crippen LogP contribution is -2.33. The third kappa shape index (κ3) is 2.62. The molecule has 0 aromatic heterocycles. The molecule has 1 aromatic rings. The second kappa shape index (κ2) is 4.79. The highest BCUT2D eigenvalue weighted by atomic mass is 19.1. The number of halogens is 1. The predicted molar refractivity (Wildman–Crippen MR) is 74.9 cm³/mol. The Balaban J connectivity index is 2.06. The summed E-state index contributed by atoms with van der Waals surface area (Å²) in [6.45, 7) is 3.98. The van der Waals surface area contributed by atoms with Crippen molar-refractivity contribution < 1.29 is 18.7 Å². The van der Waals surface area contributed by atoms with Crippen LogP contribution in [-0.4, -0.2) is 11.8 Å². The molecule has 0 spiro atoms. The van der Waals surface area contributed by atoms with Crippen molar-refractivity contribution in [2.45, 2.75) is 39.0 Å². The molecule has 0 fully saturated rings. The molecule has 110 valence electrons. The van der Waals surface area contributed by atoms with Crippen LogP contribution in [0.15, 0.2) is 35.6 Å². The lowest BCUT2D eigenvalue weighted by molar-refractivity contribution is -0.142. The fraction of sp³-hybridized carbons (Fsp3) is 0.412. The van der Waals surface area contributed by atoms with E-state index in [9.17, 15) is 14.0 Å². The van der Waals surface area contributed by atoms with Crippen molar-refractivity contribution in [2.75, 3.05) is 0 Å². The zero-order valence-corrected chi connectivity index (χ0v) is 12.1. The molecule has 1 heterocycles. The molecule has 3 rings (SSSR count). The Morgan fingerprint density at radius 1 is 1.14 bits per heavy atom. The molecular weight excluding hydrogens is 271 g/mol. The number of hydrogen-bond donors (Lipinski definition) is 0. The highest BCUT2D eigenvalue weighted by Crippen LogP contribution is 2.45. The van der Waals surface area contributed by atoms with Crippen LogP contribution in [-0.2, 0) is 14.3 Å². The van der Waals surface area contributed by atoms with E-state index in [-0.39, 0.29) is 35.3 Å². The van der Waals surface area contributed by atoms with Gasteiger partial charge in [-0.15, -0.1) is 0 Å². The zero-order chi connectivity index (χ0) is 15.2. The van der Waals surface area contributed by atoms with Gasteiger partial charge in [-0.1, -0.05) is 26.0 Å². The zero-order valence-electron chi connectivity index (χ0n) is 12.1. The fourth-order valence-corrected chi connectivity index (χ4v) is 3.18. The summed E-state index contributed by atoms with van der Waals surface area (Å²) in [6, 6.07) is 5.98. The van der Waals surface area contributed by atoms with Crippen LogP contribution in [0.25, 0.3) is 0 Å². The molecule has 3 nitrogen and oxygen atoms in total. The van der Waals surface area contributed by atoms with Crippen LogP contribution in [0.1, 0.15) is 44.6 Å². The second-order valence-electron chi connectivity index (χ2n) is 6.56. The van der Waals surface area contributed by atoms with Crippen molar-refractivity contribution in [3.63, 3.8) is 0 Å². The molecule has 0 saturated carbocycles. The number of ketones is 1. The number of hydrogen-bond acceptors (Lipinski definition) is 3. The minimum Gasteiger partial charge on any atom is -0.431 e. The third-order valence-corrected chi connectivity index (χ3v) is 4.11. The Morgan fingerprint density at radius 2 is 1.81 bits per heavy atom. The molecule has 0 amide bonds. The number of Topliss-reactive ketones (excluding diaryl/α,β-unsaturated/α-hetero) is 1. The monoisotopic (exact) mass is 288 g/mol. The van der Waals surface area contributed by atoms with Crippen molar-refractivity contribution in [2.24, 2.45) is 5.41 Å². The van der Waals surface area contributed by atoms with Crippen LogP contribution >= 0.6 is 0 Å². The van der Waals surface area contributed by atoms with Crippen molar-refractivity contribution >= 4 is 11.8 Å². The molecule has 1 atom stereocenters. The molecule has 0 bridgehead atoms. The molecular formula is C17H17FO3. The van der Waals surface area contributed by atoms with Crippen molar-refractivity contribution in [1.82, 2.24) is 0 Å². The number of benzene rings is 1. The molecule has 1 aliphatic carbocycles. The van der Waals surface area contributed by atoms with Crippen LogP contribution in [0, 0.1) is 11.2 Å². The van der Waals surface area contributed by atoms with E-state index in [0.717, 1.165) is 5.56 Å². The average Bonchev–Trinajstić information content (AvgIpc) is 2.36. The summed E-state index contributed by atoms with van der Waals surface area (Å²) < 4.78 is 18.4. The van der Waals surface area contributed by atoms with E-state index in [0.29, 0.717) is 24.2 Å². The van der Waals surface area contributed by atoms with Crippen molar-refractivity contribution in [3.05, 3.63) is 47.0 Å². The van der Waals surface area contributed by atoms with Crippen molar-refractivity contribution in [1.29, 1.82) is 0 Å². The summed E-state index contributed by atoms with van der Waals surface area (Å²) in [5.74, 6) is -0.439. The Morgan fingerprint density at radius 3 is 2.48 bits per heavy atom. The van der Waals surface area contributed by atoms with E-state index >= 15 is 0 Å². The van der Waals surface area contributed by atoms with E-state index < -0.39 is 0 Å². The molecule has 0 unspecified atom stereocenters. The summed E-state index contributed by atoms with van der Waals surface area (Å²) in [5, 5.41) is 0. The highest BCUT2D eigenvalue weighted by Gasteiger charge is 2.41. The predicted octanol–water partition coefficient (Wildman–Crippen LogP) is 3.50. The minimum absolute atomic E-state index is 0.0306. The van der Waals surface area contributed by atoms with Gasteiger partial charge in [0.15, 0.2) is 5.78 Å². The quantitative estimate of drug-likeness (QED) is 0.743. The molecule has 0 saturated heterocycles. The lowest BCUT2D eigenvalue weighted by Gasteiger charge is -2.36. The maximum Gasteiger partial charge on any atom is 0.311 e. The van der Waals surface area contributed by atoms with E-state index in [1.165, 1.54) is 12.1 Å². The summed E-state index contributed by atoms with van der Waals surface area (Å²) in [4.78, 5) is 24.3. The standard InChI is InChI=1S/C17H17FO3/c1-17(2)8-13(19)16-12(7-15(20)21-14(16)9-17)10-3-5-11(18)6-4-10/h3-6,12H,7-9H2,1-2H3/t12-/m0/s1. The van der Waals surface area contributed by atoms with Crippen LogP contribution in [0.4, 0.5) is 4.39 Å². The van der Waals surface area contributed by atoms with Gasteiger partial charge >= 0.3 is 5.97 Å². The Labute approximate surface area is 122 Å². The number of ether oxygens (including phenoxy) is 1. The smallest absolute Gasteiger partial charge is 0.311 e. The number of carbonyl (C=O) groups is 2. The average molecular weight is 288 g/mol. The van der Waals surface area contributed by atoms with Gasteiger partial charge in [-0.05, 0) is 23.1 Å². The first kappa shape index (κ1) is 14.0. The van der Waals surface area contributed by atoms with E-state index in [1.807, 2.05) is 13.8 Å². The van der Waals surface area contributed by atoms with E-state index in [4.69, 9.17) is 4.74 Å². The fourth-order valence-electron chi connectivity index (χ4n) is 3.18. The van der Waals surface area contributed by atoms with Gasteiger partial charge in [-0.25, -0.2) is 4.39 Å². The molecule has 0 radical (unpaired) electrons. The first-order chi connectivity index (χ1) is 9.85. The van der Waals surface area contributed by atoms with Gasteiger partial charge in [-0.2, -0.15) is 0 Å². The topological polar surface area (TPSA) is 43.4 Å². The third-order valence-electron chi connectivity index (χ3n) is 4.11.